The molecular formula is C14H12ClNO3. The van der Waals surface area contributed by atoms with Crippen LogP contribution in [-0.4, -0.2) is 22.7 Å². The van der Waals surface area contributed by atoms with Crippen molar-refractivity contribution in [2.24, 2.45) is 0 Å². The Labute approximate surface area is 115 Å². The van der Waals surface area contributed by atoms with Crippen LogP contribution in [0, 0.1) is 0 Å². The first-order valence-electron chi connectivity index (χ1n) is 5.63. The smallest absolute Gasteiger partial charge is 0.340 e. The lowest BCUT2D eigenvalue weighted by atomic mass is 10.1. The summed E-state index contributed by atoms with van der Waals surface area (Å²) in [5, 5.41) is 9.89. The zero-order valence-electron chi connectivity index (χ0n) is 10.3. The second-order valence-corrected chi connectivity index (χ2v) is 4.28. The summed E-state index contributed by atoms with van der Waals surface area (Å²) in [6.07, 6.45) is 1.42. The topological polar surface area (TPSA) is 59.4 Å². The summed E-state index contributed by atoms with van der Waals surface area (Å²) in [7, 11) is 0. The highest BCUT2D eigenvalue weighted by molar-refractivity contribution is 6.25. The molecule has 5 heteroatoms. The summed E-state index contributed by atoms with van der Waals surface area (Å²) in [5.41, 5.74) is 2.94. The van der Waals surface area contributed by atoms with E-state index in [1.165, 1.54) is 11.7 Å². The van der Waals surface area contributed by atoms with E-state index in [4.69, 9.17) is 16.3 Å². The van der Waals surface area contributed by atoms with Gasteiger partial charge in [-0.25, -0.2) is 4.79 Å². The third-order valence-electron chi connectivity index (χ3n) is 2.60. The minimum Gasteiger partial charge on any atom is -0.487 e. The number of hydrogen-bond donors (Lipinski definition) is 1. The van der Waals surface area contributed by atoms with Crippen LogP contribution in [0.5, 0.6) is 5.75 Å². The van der Waals surface area contributed by atoms with E-state index in [0.717, 1.165) is 5.57 Å². The van der Waals surface area contributed by atoms with E-state index >= 15 is 0 Å². The number of rotatable bonds is 4. The molecule has 0 spiro atoms. The Morgan fingerprint density at radius 1 is 1.47 bits per heavy atom. The number of fused-ring (bicyclic) bond motifs is 1. The predicted molar refractivity (Wildman–Crippen MR) is 73.8 cm³/mol. The molecule has 2 rings (SSSR count). The summed E-state index contributed by atoms with van der Waals surface area (Å²) in [6.45, 7) is 2.02. The largest absolute Gasteiger partial charge is 0.487 e. The van der Waals surface area contributed by atoms with Gasteiger partial charge in [0, 0.05) is 10.9 Å². The Kier molecular flexibility index (Phi) is 4.02. The van der Waals surface area contributed by atoms with Crippen LogP contribution in [0.15, 0.2) is 41.6 Å². The maximum Gasteiger partial charge on any atom is 0.340 e. The first kappa shape index (κ1) is 13.4. The number of benzene rings is 1. The van der Waals surface area contributed by atoms with Crippen molar-refractivity contribution in [2.45, 2.75) is 6.92 Å². The zero-order chi connectivity index (χ0) is 13.8. The van der Waals surface area contributed by atoms with Crippen molar-refractivity contribution >= 4 is 28.5 Å². The van der Waals surface area contributed by atoms with Gasteiger partial charge in [0.15, 0.2) is 5.75 Å². The van der Waals surface area contributed by atoms with E-state index in [1.807, 2.05) is 6.07 Å². The molecule has 0 bridgehead atoms. The highest BCUT2D eigenvalue weighted by Crippen LogP contribution is 2.26. The molecular weight excluding hydrogens is 266 g/mol. The highest BCUT2D eigenvalue weighted by atomic mass is 35.5. The molecule has 19 heavy (non-hydrogen) atoms. The van der Waals surface area contributed by atoms with Gasteiger partial charge in [-0.1, -0.05) is 29.8 Å². The summed E-state index contributed by atoms with van der Waals surface area (Å²) in [5.74, 6) is -0.801. The minimum atomic E-state index is -1.04. The molecule has 1 aromatic heterocycles. The number of carbonyl (C=O) groups is 1. The standard InChI is InChI=1S/C14H12ClNO3/c1-9(6-15)8-19-12-7-16-11-5-3-2-4-10(11)13(12)14(17)18/h2-7H,8H2,1H3,(H,17,18)/b9-6-. The number of nitrogens with zero attached hydrogens (tertiary/aromatic N) is 1. The SMILES string of the molecule is C/C(=C/Cl)COc1cnc2ccccc2c1C(=O)O. The van der Waals surface area contributed by atoms with Gasteiger partial charge in [-0.05, 0) is 18.6 Å². The van der Waals surface area contributed by atoms with Crippen molar-refractivity contribution in [1.82, 2.24) is 4.98 Å². The number of aromatic carboxylic acids is 1. The van der Waals surface area contributed by atoms with Crippen molar-refractivity contribution in [1.29, 1.82) is 0 Å². The number of halogens is 1. The fourth-order valence-electron chi connectivity index (χ4n) is 1.68. The van der Waals surface area contributed by atoms with Crippen LogP contribution < -0.4 is 4.74 Å². The van der Waals surface area contributed by atoms with Gasteiger partial charge in [-0.3, -0.25) is 4.98 Å². The van der Waals surface area contributed by atoms with Gasteiger partial charge in [0.25, 0.3) is 0 Å². The van der Waals surface area contributed by atoms with Crippen LogP contribution in [0.3, 0.4) is 0 Å². The van der Waals surface area contributed by atoms with Gasteiger partial charge >= 0.3 is 5.97 Å². The zero-order valence-corrected chi connectivity index (χ0v) is 11.0. The van der Waals surface area contributed by atoms with Crippen molar-refractivity contribution in [2.75, 3.05) is 6.61 Å². The van der Waals surface area contributed by atoms with Gasteiger partial charge in [0.2, 0.25) is 0 Å². The first-order chi connectivity index (χ1) is 9.13. The molecule has 0 amide bonds. The molecule has 2 aromatic rings. The monoisotopic (exact) mass is 277 g/mol. The van der Waals surface area contributed by atoms with E-state index < -0.39 is 5.97 Å². The lowest BCUT2D eigenvalue weighted by Gasteiger charge is -2.10. The molecule has 4 nitrogen and oxygen atoms in total. The first-order valence-corrected chi connectivity index (χ1v) is 6.07. The average molecular weight is 278 g/mol. The number of aromatic nitrogens is 1. The molecule has 0 saturated carbocycles. The number of hydrogen-bond acceptors (Lipinski definition) is 3. The Hall–Kier alpha value is -2.07. The lowest BCUT2D eigenvalue weighted by molar-refractivity contribution is 0.0695. The molecule has 0 saturated heterocycles. The minimum absolute atomic E-state index is 0.118. The second-order valence-electron chi connectivity index (χ2n) is 4.06. The molecule has 0 atom stereocenters. The quantitative estimate of drug-likeness (QED) is 0.930. The molecule has 1 aromatic carbocycles. The fraction of sp³-hybridized carbons (Fsp3) is 0.143. The van der Waals surface area contributed by atoms with Crippen molar-refractivity contribution in [3.63, 3.8) is 0 Å². The molecule has 0 fully saturated rings. The van der Waals surface area contributed by atoms with E-state index in [2.05, 4.69) is 4.98 Å². The van der Waals surface area contributed by atoms with Crippen LogP contribution in [-0.2, 0) is 0 Å². The van der Waals surface area contributed by atoms with Crippen LogP contribution in [0.2, 0.25) is 0 Å². The molecule has 0 aliphatic heterocycles. The molecule has 0 radical (unpaired) electrons. The maximum absolute atomic E-state index is 11.4. The van der Waals surface area contributed by atoms with Gasteiger partial charge in [-0.2, -0.15) is 0 Å². The number of para-hydroxylation sites is 1. The van der Waals surface area contributed by atoms with Crippen molar-refractivity contribution < 1.29 is 14.6 Å². The Bertz CT molecular complexity index is 652. The second kappa shape index (κ2) is 5.71. The maximum atomic E-state index is 11.4. The summed E-state index contributed by atoms with van der Waals surface area (Å²) < 4.78 is 5.46. The van der Waals surface area contributed by atoms with Crippen LogP contribution in [0.4, 0.5) is 0 Å². The van der Waals surface area contributed by atoms with Gasteiger partial charge < -0.3 is 9.84 Å². The highest BCUT2D eigenvalue weighted by Gasteiger charge is 2.16. The average Bonchev–Trinajstić information content (AvgIpc) is 2.43. The lowest BCUT2D eigenvalue weighted by Crippen LogP contribution is -2.06. The normalized spacial score (nSPS) is 11.6. The van der Waals surface area contributed by atoms with E-state index in [0.29, 0.717) is 10.9 Å². The summed E-state index contributed by atoms with van der Waals surface area (Å²) in [6, 6.07) is 7.05. The van der Waals surface area contributed by atoms with E-state index in [9.17, 15) is 9.90 Å². The van der Waals surface area contributed by atoms with Crippen molar-refractivity contribution in [3.8, 4) is 5.75 Å². The molecule has 0 aliphatic rings. The van der Waals surface area contributed by atoms with Crippen LogP contribution in [0.1, 0.15) is 17.3 Å². The Morgan fingerprint density at radius 2 is 2.21 bits per heavy atom. The van der Waals surface area contributed by atoms with Gasteiger partial charge in [0.05, 0.1) is 11.7 Å². The van der Waals surface area contributed by atoms with E-state index in [-0.39, 0.29) is 17.9 Å². The molecule has 0 unspecified atom stereocenters. The third kappa shape index (κ3) is 2.85. The number of ether oxygens (including phenoxy) is 1. The number of pyridine rings is 1. The van der Waals surface area contributed by atoms with Crippen LogP contribution >= 0.6 is 11.6 Å². The Morgan fingerprint density at radius 3 is 2.89 bits per heavy atom. The molecule has 98 valence electrons. The van der Waals surface area contributed by atoms with Gasteiger partial charge in [-0.15, -0.1) is 0 Å². The summed E-state index contributed by atoms with van der Waals surface area (Å²) in [4.78, 5) is 15.6. The molecule has 1 heterocycles. The third-order valence-corrected chi connectivity index (χ3v) is 2.97. The van der Waals surface area contributed by atoms with E-state index in [1.54, 1.807) is 25.1 Å². The predicted octanol–water partition coefficient (Wildman–Crippen LogP) is 3.45. The molecule has 1 N–H and O–H groups in total. The summed E-state index contributed by atoms with van der Waals surface area (Å²) >= 11 is 5.54. The van der Waals surface area contributed by atoms with Crippen molar-refractivity contribution in [3.05, 3.63) is 47.1 Å². The van der Waals surface area contributed by atoms with Gasteiger partial charge in [0.1, 0.15) is 12.2 Å². The number of carboxylic acid groups (broad SMARTS) is 1. The van der Waals surface area contributed by atoms with Crippen LogP contribution in [0.25, 0.3) is 10.9 Å². The molecule has 0 aliphatic carbocycles. The Balaban J connectivity index is 2.49. The fourth-order valence-corrected chi connectivity index (χ4v) is 1.74. The number of carboxylic acids is 1.